The SMILES string of the molecule is Cc1cccc(/C(N)=N/O)c1N(CC(F)(F)F)C1CC1. The van der Waals surface area contributed by atoms with Gasteiger partial charge < -0.3 is 15.8 Å². The summed E-state index contributed by atoms with van der Waals surface area (Å²) in [5, 5.41) is 11.7. The summed E-state index contributed by atoms with van der Waals surface area (Å²) in [7, 11) is 0. The largest absolute Gasteiger partial charge is 0.409 e. The number of amidine groups is 1. The monoisotopic (exact) mass is 287 g/mol. The molecule has 4 nitrogen and oxygen atoms in total. The first-order valence-electron chi connectivity index (χ1n) is 6.24. The van der Waals surface area contributed by atoms with Crippen molar-refractivity contribution in [1.82, 2.24) is 0 Å². The lowest BCUT2D eigenvalue weighted by atomic mass is 10.1. The maximum Gasteiger partial charge on any atom is 0.405 e. The van der Waals surface area contributed by atoms with Gasteiger partial charge in [-0.1, -0.05) is 17.3 Å². The fourth-order valence-electron chi connectivity index (χ4n) is 2.27. The Morgan fingerprint density at radius 1 is 1.45 bits per heavy atom. The summed E-state index contributed by atoms with van der Waals surface area (Å²) in [5.41, 5.74) is 6.96. The molecule has 1 aliphatic carbocycles. The second kappa shape index (κ2) is 5.22. The van der Waals surface area contributed by atoms with Gasteiger partial charge in [0.15, 0.2) is 5.84 Å². The van der Waals surface area contributed by atoms with Gasteiger partial charge in [0, 0.05) is 11.6 Å². The van der Waals surface area contributed by atoms with Crippen molar-refractivity contribution < 1.29 is 18.4 Å². The second-order valence-electron chi connectivity index (χ2n) is 4.93. The van der Waals surface area contributed by atoms with E-state index in [0.717, 1.165) is 12.8 Å². The molecule has 0 spiro atoms. The number of anilines is 1. The van der Waals surface area contributed by atoms with Crippen molar-refractivity contribution in [3.63, 3.8) is 0 Å². The van der Waals surface area contributed by atoms with Gasteiger partial charge >= 0.3 is 6.18 Å². The Morgan fingerprint density at radius 3 is 2.60 bits per heavy atom. The topological polar surface area (TPSA) is 61.9 Å². The number of benzene rings is 1. The molecule has 0 atom stereocenters. The lowest BCUT2D eigenvalue weighted by Crippen LogP contribution is -2.37. The lowest BCUT2D eigenvalue weighted by Gasteiger charge is -2.29. The molecule has 0 radical (unpaired) electrons. The predicted molar refractivity (Wildman–Crippen MR) is 70.1 cm³/mol. The smallest absolute Gasteiger partial charge is 0.405 e. The minimum Gasteiger partial charge on any atom is -0.409 e. The Morgan fingerprint density at radius 2 is 2.10 bits per heavy atom. The van der Waals surface area contributed by atoms with Gasteiger partial charge in [0.2, 0.25) is 0 Å². The van der Waals surface area contributed by atoms with E-state index < -0.39 is 12.7 Å². The van der Waals surface area contributed by atoms with Gasteiger partial charge in [0.25, 0.3) is 0 Å². The first-order chi connectivity index (χ1) is 9.33. The highest BCUT2D eigenvalue weighted by molar-refractivity contribution is 6.03. The standard InChI is InChI=1S/C13H16F3N3O/c1-8-3-2-4-10(12(17)18-20)11(8)19(9-5-6-9)7-13(14,15)16/h2-4,9,20H,5-7H2,1H3,(H2,17,18). The summed E-state index contributed by atoms with van der Waals surface area (Å²) in [6.07, 6.45) is -2.85. The van der Waals surface area contributed by atoms with Crippen LogP contribution in [0.15, 0.2) is 23.4 Å². The third-order valence-corrected chi connectivity index (χ3v) is 3.25. The highest BCUT2D eigenvalue weighted by atomic mass is 19.4. The Balaban J connectivity index is 2.47. The molecule has 1 aliphatic rings. The van der Waals surface area contributed by atoms with Crippen LogP contribution in [-0.4, -0.2) is 29.8 Å². The van der Waals surface area contributed by atoms with Crippen molar-refractivity contribution >= 4 is 11.5 Å². The summed E-state index contributed by atoms with van der Waals surface area (Å²) < 4.78 is 38.3. The summed E-state index contributed by atoms with van der Waals surface area (Å²) in [6, 6.07) is 4.81. The van der Waals surface area contributed by atoms with Crippen LogP contribution in [0.25, 0.3) is 0 Å². The number of aryl methyl sites for hydroxylation is 1. The molecule has 0 heterocycles. The number of hydrogen-bond donors (Lipinski definition) is 2. The van der Waals surface area contributed by atoms with Crippen LogP contribution in [0.1, 0.15) is 24.0 Å². The van der Waals surface area contributed by atoms with E-state index in [1.165, 1.54) is 4.90 Å². The minimum absolute atomic E-state index is 0.136. The van der Waals surface area contributed by atoms with Crippen molar-refractivity contribution in [1.29, 1.82) is 0 Å². The normalized spacial score (nSPS) is 16.3. The van der Waals surface area contributed by atoms with Crippen LogP contribution in [0, 0.1) is 6.92 Å². The zero-order valence-electron chi connectivity index (χ0n) is 11.0. The molecule has 3 N–H and O–H groups in total. The molecule has 7 heteroatoms. The molecule has 1 fully saturated rings. The van der Waals surface area contributed by atoms with Crippen LogP contribution in [0.3, 0.4) is 0 Å². The van der Waals surface area contributed by atoms with E-state index in [-0.39, 0.29) is 11.9 Å². The van der Waals surface area contributed by atoms with Crippen LogP contribution >= 0.6 is 0 Å². The van der Waals surface area contributed by atoms with Crippen LogP contribution in [0.2, 0.25) is 0 Å². The van der Waals surface area contributed by atoms with Crippen molar-refractivity contribution in [3.8, 4) is 0 Å². The van der Waals surface area contributed by atoms with Gasteiger partial charge in [-0.3, -0.25) is 0 Å². The van der Waals surface area contributed by atoms with Crippen molar-refractivity contribution in [2.45, 2.75) is 32.0 Å². The summed E-state index contributed by atoms with van der Waals surface area (Å²) in [6.45, 7) is 0.684. The number of halogens is 3. The van der Waals surface area contributed by atoms with Gasteiger partial charge in [0.05, 0.1) is 5.69 Å². The maximum atomic E-state index is 12.8. The van der Waals surface area contributed by atoms with Crippen LogP contribution < -0.4 is 10.6 Å². The summed E-state index contributed by atoms with van der Waals surface area (Å²) in [4.78, 5) is 1.31. The van der Waals surface area contributed by atoms with Gasteiger partial charge in [-0.15, -0.1) is 0 Å². The quantitative estimate of drug-likeness (QED) is 0.387. The van der Waals surface area contributed by atoms with Gasteiger partial charge in [-0.2, -0.15) is 13.2 Å². The fourth-order valence-corrected chi connectivity index (χ4v) is 2.27. The summed E-state index contributed by atoms with van der Waals surface area (Å²) in [5.74, 6) is -0.184. The van der Waals surface area contributed by atoms with E-state index >= 15 is 0 Å². The molecular weight excluding hydrogens is 271 g/mol. The molecule has 20 heavy (non-hydrogen) atoms. The van der Waals surface area contributed by atoms with Gasteiger partial charge in [-0.25, -0.2) is 0 Å². The molecule has 1 saturated carbocycles. The number of oxime groups is 1. The number of hydrogen-bond acceptors (Lipinski definition) is 3. The minimum atomic E-state index is -4.30. The highest BCUT2D eigenvalue weighted by Crippen LogP contribution is 2.37. The molecule has 0 amide bonds. The number of nitrogens with two attached hydrogens (primary N) is 1. The average Bonchev–Trinajstić information content (AvgIpc) is 3.18. The van der Waals surface area contributed by atoms with Gasteiger partial charge in [0.1, 0.15) is 6.54 Å². The number of para-hydroxylation sites is 1. The summed E-state index contributed by atoms with van der Waals surface area (Å²) >= 11 is 0. The molecule has 110 valence electrons. The molecule has 0 unspecified atom stereocenters. The Bertz CT molecular complexity index is 524. The molecule has 0 aliphatic heterocycles. The van der Waals surface area contributed by atoms with E-state index in [4.69, 9.17) is 10.9 Å². The van der Waals surface area contributed by atoms with Crippen LogP contribution in [-0.2, 0) is 0 Å². The molecule has 2 rings (SSSR count). The van der Waals surface area contributed by atoms with E-state index in [0.29, 0.717) is 16.8 Å². The molecule has 0 saturated heterocycles. The first kappa shape index (κ1) is 14.5. The zero-order valence-corrected chi connectivity index (χ0v) is 11.0. The Kier molecular flexibility index (Phi) is 3.78. The third-order valence-electron chi connectivity index (χ3n) is 3.25. The number of rotatable bonds is 4. The average molecular weight is 287 g/mol. The molecule has 0 bridgehead atoms. The maximum absolute atomic E-state index is 12.8. The molecule has 0 aromatic heterocycles. The van der Waals surface area contributed by atoms with E-state index in [1.54, 1.807) is 25.1 Å². The predicted octanol–water partition coefficient (Wildman–Crippen LogP) is 2.62. The number of alkyl halides is 3. The third kappa shape index (κ3) is 3.15. The molecule has 1 aromatic rings. The van der Waals surface area contributed by atoms with Gasteiger partial charge in [-0.05, 0) is 31.4 Å². The Labute approximate surface area is 114 Å². The van der Waals surface area contributed by atoms with Crippen LogP contribution in [0.4, 0.5) is 18.9 Å². The van der Waals surface area contributed by atoms with E-state index in [2.05, 4.69) is 5.16 Å². The van der Waals surface area contributed by atoms with Crippen molar-refractivity contribution in [2.75, 3.05) is 11.4 Å². The lowest BCUT2D eigenvalue weighted by molar-refractivity contribution is -0.120. The van der Waals surface area contributed by atoms with Crippen molar-refractivity contribution in [3.05, 3.63) is 29.3 Å². The number of nitrogens with zero attached hydrogens (tertiary/aromatic N) is 2. The van der Waals surface area contributed by atoms with E-state index in [9.17, 15) is 13.2 Å². The highest BCUT2D eigenvalue weighted by Gasteiger charge is 2.39. The Hall–Kier alpha value is -1.92. The van der Waals surface area contributed by atoms with Crippen molar-refractivity contribution in [2.24, 2.45) is 10.9 Å². The van der Waals surface area contributed by atoms with Crippen LogP contribution in [0.5, 0.6) is 0 Å². The zero-order chi connectivity index (χ0) is 14.9. The second-order valence-corrected chi connectivity index (χ2v) is 4.93. The fraction of sp³-hybridized carbons (Fsp3) is 0.462. The van der Waals surface area contributed by atoms with E-state index in [1.807, 2.05) is 0 Å². The first-order valence-corrected chi connectivity index (χ1v) is 6.24. The molecular formula is C13H16F3N3O. The molecule has 1 aromatic carbocycles.